The summed E-state index contributed by atoms with van der Waals surface area (Å²) in [6.45, 7) is 3.84. The van der Waals surface area contributed by atoms with Crippen molar-refractivity contribution in [2.45, 2.75) is 13.8 Å². The lowest BCUT2D eigenvalue weighted by Gasteiger charge is -2.13. The van der Waals surface area contributed by atoms with Crippen molar-refractivity contribution in [3.8, 4) is 23.0 Å². The number of carboxylic acid groups (broad SMARTS) is 1. The van der Waals surface area contributed by atoms with Gasteiger partial charge < -0.3 is 24.1 Å². The molecule has 0 saturated carbocycles. The Bertz CT molecular complexity index is 793. The number of hydrogen-bond donors (Lipinski definition) is 1. The highest BCUT2D eigenvalue weighted by molar-refractivity contribution is 5.90. The second-order valence-electron chi connectivity index (χ2n) is 5.70. The molecule has 0 heterocycles. The number of aliphatic carboxylic acids is 1. The predicted octanol–water partition coefficient (Wildman–Crippen LogP) is 3.83. The second kappa shape index (κ2) is 8.29. The SMILES string of the molecule is COc1cc(C=C(Oc2cc(C)cc(C)c2)C(=O)O)cc(OC)c1OC. The Morgan fingerprint density at radius 3 is 1.85 bits per heavy atom. The average molecular weight is 358 g/mol. The average Bonchev–Trinajstić information content (AvgIpc) is 2.59. The molecule has 0 atom stereocenters. The highest BCUT2D eigenvalue weighted by Gasteiger charge is 2.16. The third kappa shape index (κ3) is 4.47. The molecular formula is C20H22O6. The Balaban J connectivity index is 2.46. The Morgan fingerprint density at radius 1 is 0.885 bits per heavy atom. The quantitative estimate of drug-likeness (QED) is 0.599. The predicted molar refractivity (Wildman–Crippen MR) is 98.3 cm³/mol. The van der Waals surface area contributed by atoms with E-state index in [4.69, 9.17) is 18.9 Å². The number of benzene rings is 2. The summed E-state index contributed by atoms with van der Waals surface area (Å²) in [5.41, 5.74) is 2.51. The summed E-state index contributed by atoms with van der Waals surface area (Å²) in [5.74, 6) is 0.341. The molecule has 0 radical (unpaired) electrons. The fraction of sp³-hybridized carbons (Fsp3) is 0.250. The fourth-order valence-corrected chi connectivity index (χ4v) is 2.59. The van der Waals surface area contributed by atoms with Gasteiger partial charge in [0.2, 0.25) is 11.5 Å². The zero-order valence-corrected chi connectivity index (χ0v) is 15.5. The van der Waals surface area contributed by atoms with Crippen molar-refractivity contribution in [3.05, 3.63) is 52.8 Å². The summed E-state index contributed by atoms with van der Waals surface area (Å²) in [4.78, 5) is 11.6. The molecule has 2 aromatic carbocycles. The molecule has 2 rings (SSSR count). The number of methoxy groups -OCH3 is 3. The largest absolute Gasteiger partial charge is 0.493 e. The van der Waals surface area contributed by atoms with Crippen LogP contribution in [0.4, 0.5) is 0 Å². The van der Waals surface area contributed by atoms with Gasteiger partial charge in [0.05, 0.1) is 21.3 Å². The van der Waals surface area contributed by atoms with Crippen LogP contribution < -0.4 is 18.9 Å². The molecule has 0 aliphatic rings. The van der Waals surface area contributed by atoms with E-state index in [0.29, 0.717) is 28.6 Å². The molecule has 2 aromatic rings. The van der Waals surface area contributed by atoms with Gasteiger partial charge in [0, 0.05) is 0 Å². The van der Waals surface area contributed by atoms with Crippen molar-refractivity contribution in [2.24, 2.45) is 0 Å². The molecule has 138 valence electrons. The molecule has 6 heteroatoms. The maximum atomic E-state index is 11.6. The lowest BCUT2D eigenvalue weighted by atomic mass is 10.1. The van der Waals surface area contributed by atoms with E-state index in [1.807, 2.05) is 19.9 Å². The third-order valence-electron chi connectivity index (χ3n) is 3.62. The first-order chi connectivity index (χ1) is 12.4. The molecule has 26 heavy (non-hydrogen) atoms. The van der Waals surface area contributed by atoms with Crippen molar-refractivity contribution in [3.63, 3.8) is 0 Å². The van der Waals surface area contributed by atoms with E-state index >= 15 is 0 Å². The molecule has 0 spiro atoms. The molecule has 0 fully saturated rings. The molecular weight excluding hydrogens is 336 g/mol. The maximum Gasteiger partial charge on any atom is 0.371 e. The molecule has 0 bridgehead atoms. The van der Waals surface area contributed by atoms with Gasteiger partial charge in [-0.1, -0.05) is 6.07 Å². The Labute approximate surface area is 152 Å². The monoisotopic (exact) mass is 358 g/mol. The molecule has 0 aromatic heterocycles. The minimum atomic E-state index is -1.18. The molecule has 0 saturated heterocycles. The van der Waals surface area contributed by atoms with Crippen LogP contribution in [0.25, 0.3) is 6.08 Å². The first-order valence-electron chi connectivity index (χ1n) is 7.89. The fourth-order valence-electron chi connectivity index (χ4n) is 2.59. The molecule has 1 N–H and O–H groups in total. The van der Waals surface area contributed by atoms with E-state index in [0.717, 1.165) is 11.1 Å². The minimum absolute atomic E-state index is 0.218. The summed E-state index contributed by atoms with van der Waals surface area (Å²) < 4.78 is 21.4. The summed E-state index contributed by atoms with van der Waals surface area (Å²) in [5, 5.41) is 9.51. The van der Waals surface area contributed by atoms with Crippen molar-refractivity contribution < 1.29 is 28.8 Å². The zero-order valence-electron chi connectivity index (χ0n) is 15.5. The van der Waals surface area contributed by atoms with Crippen LogP contribution in [-0.2, 0) is 4.79 Å². The third-order valence-corrected chi connectivity index (χ3v) is 3.62. The van der Waals surface area contributed by atoms with Gasteiger partial charge in [-0.25, -0.2) is 4.79 Å². The molecule has 0 unspecified atom stereocenters. The van der Waals surface area contributed by atoms with Gasteiger partial charge in [0.15, 0.2) is 11.5 Å². The van der Waals surface area contributed by atoms with Gasteiger partial charge in [0.25, 0.3) is 0 Å². The van der Waals surface area contributed by atoms with Crippen LogP contribution in [0, 0.1) is 13.8 Å². The highest BCUT2D eigenvalue weighted by Crippen LogP contribution is 2.38. The van der Waals surface area contributed by atoms with Crippen molar-refractivity contribution in [1.82, 2.24) is 0 Å². The number of carbonyl (C=O) groups is 1. The highest BCUT2D eigenvalue weighted by atomic mass is 16.5. The van der Waals surface area contributed by atoms with Gasteiger partial charge >= 0.3 is 5.97 Å². The Kier molecular flexibility index (Phi) is 6.11. The first kappa shape index (κ1) is 19.2. The summed E-state index contributed by atoms with van der Waals surface area (Å²) in [6, 6.07) is 8.83. The first-order valence-corrected chi connectivity index (χ1v) is 7.89. The number of hydrogen-bond acceptors (Lipinski definition) is 5. The number of aryl methyl sites for hydroxylation is 2. The van der Waals surface area contributed by atoms with E-state index in [1.165, 1.54) is 27.4 Å². The lowest BCUT2D eigenvalue weighted by molar-refractivity contribution is -0.134. The smallest absolute Gasteiger partial charge is 0.371 e. The molecule has 0 amide bonds. The molecule has 0 aliphatic carbocycles. The van der Waals surface area contributed by atoms with Gasteiger partial charge in [-0.05, 0) is 60.9 Å². The normalized spacial score (nSPS) is 11.0. The van der Waals surface area contributed by atoms with Crippen LogP contribution in [-0.4, -0.2) is 32.4 Å². The van der Waals surface area contributed by atoms with Crippen LogP contribution in [0.3, 0.4) is 0 Å². The van der Waals surface area contributed by atoms with Crippen LogP contribution in [0.5, 0.6) is 23.0 Å². The van der Waals surface area contributed by atoms with Crippen LogP contribution >= 0.6 is 0 Å². The summed E-state index contributed by atoms with van der Waals surface area (Å²) >= 11 is 0. The van der Waals surface area contributed by atoms with E-state index in [9.17, 15) is 9.90 Å². The number of rotatable bonds is 7. The van der Waals surface area contributed by atoms with E-state index in [1.54, 1.807) is 24.3 Å². The van der Waals surface area contributed by atoms with Crippen LogP contribution in [0.15, 0.2) is 36.1 Å². The Morgan fingerprint density at radius 2 is 1.42 bits per heavy atom. The Hall–Kier alpha value is -3.15. The number of ether oxygens (including phenoxy) is 4. The van der Waals surface area contributed by atoms with Crippen molar-refractivity contribution >= 4 is 12.0 Å². The van der Waals surface area contributed by atoms with Gasteiger partial charge in [-0.3, -0.25) is 0 Å². The summed E-state index contributed by atoms with van der Waals surface area (Å²) in [7, 11) is 4.49. The van der Waals surface area contributed by atoms with Gasteiger partial charge in [0.1, 0.15) is 5.75 Å². The zero-order chi connectivity index (χ0) is 19.3. The van der Waals surface area contributed by atoms with Gasteiger partial charge in [-0.15, -0.1) is 0 Å². The van der Waals surface area contributed by atoms with E-state index in [-0.39, 0.29) is 5.76 Å². The minimum Gasteiger partial charge on any atom is -0.493 e. The van der Waals surface area contributed by atoms with E-state index < -0.39 is 5.97 Å². The molecule has 0 aliphatic heterocycles. The van der Waals surface area contributed by atoms with E-state index in [2.05, 4.69) is 0 Å². The number of carboxylic acids is 1. The van der Waals surface area contributed by atoms with Crippen LogP contribution in [0.2, 0.25) is 0 Å². The van der Waals surface area contributed by atoms with Crippen molar-refractivity contribution in [1.29, 1.82) is 0 Å². The topological polar surface area (TPSA) is 74.2 Å². The second-order valence-corrected chi connectivity index (χ2v) is 5.70. The lowest BCUT2D eigenvalue weighted by Crippen LogP contribution is -2.08. The van der Waals surface area contributed by atoms with Crippen molar-refractivity contribution in [2.75, 3.05) is 21.3 Å². The van der Waals surface area contributed by atoms with Crippen LogP contribution in [0.1, 0.15) is 16.7 Å². The van der Waals surface area contributed by atoms with Gasteiger partial charge in [-0.2, -0.15) is 0 Å². The standard InChI is InChI=1S/C20H22O6/c1-12-6-13(2)8-15(7-12)26-18(20(21)22)11-14-9-16(23-3)19(25-5)17(10-14)24-4/h6-11H,1-5H3,(H,21,22). The molecule has 6 nitrogen and oxygen atoms in total. The maximum absolute atomic E-state index is 11.6. The summed E-state index contributed by atoms with van der Waals surface area (Å²) in [6.07, 6.45) is 1.41.